The molecule has 0 saturated carbocycles. The molecule has 0 bridgehead atoms. The highest BCUT2D eigenvalue weighted by molar-refractivity contribution is 14.0. The second-order valence-corrected chi connectivity index (χ2v) is 7.13. The molecule has 0 aliphatic carbocycles. The Hall–Kier alpha value is -1.14. The van der Waals surface area contributed by atoms with Crippen molar-refractivity contribution in [3.8, 4) is 0 Å². The van der Waals surface area contributed by atoms with Crippen LogP contribution in [0.3, 0.4) is 0 Å². The lowest BCUT2D eigenvalue weighted by atomic mass is 10.0. The lowest BCUT2D eigenvalue weighted by Crippen LogP contribution is -2.48. The van der Waals surface area contributed by atoms with Crippen LogP contribution >= 0.6 is 24.0 Å². The summed E-state index contributed by atoms with van der Waals surface area (Å²) in [4.78, 5) is 12.4. The number of piperidine rings is 1. The Labute approximate surface area is 188 Å². The summed E-state index contributed by atoms with van der Waals surface area (Å²) in [7, 11) is 1.46. The molecule has 1 aliphatic rings. The second-order valence-electron chi connectivity index (χ2n) is 7.13. The fourth-order valence-electron chi connectivity index (χ4n) is 3.19. The maximum atomic E-state index is 12.4. The van der Waals surface area contributed by atoms with E-state index in [0.717, 1.165) is 38.2 Å². The van der Waals surface area contributed by atoms with Crippen molar-refractivity contribution in [2.45, 2.75) is 38.5 Å². The maximum Gasteiger partial charge on any atom is 0.401 e. The van der Waals surface area contributed by atoms with Crippen LogP contribution in [0.4, 0.5) is 13.2 Å². The van der Waals surface area contributed by atoms with Crippen molar-refractivity contribution >= 4 is 29.9 Å². The minimum atomic E-state index is -4.18. The van der Waals surface area contributed by atoms with Crippen molar-refractivity contribution in [3.05, 3.63) is 30.1 Å². The quantitative estimate of drug-likeness (QED) is 0.309. The van der Waals surface area contributed by atoms with Gasteiger partial charge in [0.1, 0.15) is 0 Å². The van der Waals surface area contributed by atoms with E-state index in [-0.39, 0.29) is 30.5 Å². The van der Waals surface area contributed by atoms with E-state index in [0.29, 0.717) is 25.1 Å². The number of rotatable bonds is 8. The molecule has 2 heterocycles. The number of nitrogens with zero attached hydrogens (tertiary/aromatic N) is 4. The van der Waals surface area contributed by atoms with Crippen LogP contribution in [-0.2, 0) is 6.54 Å². The van der Waals surface area contributed by atoms with Gasteiger partial charge in [0.15, 0.2) is 5.96 Å². The number of likely N-dealkylation sites (tertiary alicyclic amines) is 1. The molecule has 1 aliphatic heterocycles. The third-order valence-corrected chi connectivity index (χ3v) is 4.59. The Morgan fingerprint density at radius 3 is 2.62 bits per heavy atom. The highest BCUT2D eigenvalue weighted by atomic mass is 127. The molecule has 166 valence electrons. The number of alkyl halides is 3. The molecule has 0 atom stereocenters. The van der Waals surface area contributed by atoms with E-state index >= 15 is 0 Å². The summed E-state index contributed by atoms with van der Waals surface area (Å²) in [6.45, 7) is 5.16. The lowest BCUT2D eigenvalue weighted by Gasteiger charge is -2.32. The van der Waals surface area contributed by atoms with Gasteiger partial charge in [-0.15, -0.1) is 24.0 Å². The first-order valence-electron chi connectivity index (χ1n) is 9.78. The van der Waals surface area contributed by atoms with Crippen molar-refractivity contribution in [3.63, 3.8) is 0 Å². The van der Waals surface area contributed by atoms with Crippen molar-refractivity contribution in [1.82, 2.24) is 25.4 Å². The predicted octanol–water partition coefficient (Wildman–Crippen LogP) is 2.71. The molecule has 0 spiro atoms. The van der Waals surface area contributed by atoms with Gasteiger partial charge in [-0.05, 0) is 38.9 Å². The average Bonchev–Trinajstić information content (AvgIpc) is 2.63. The monoisotopic (exact) mass is 528 g/mol. The molecule has 1 aromatic rings. The Balaban J connectivity index is 0.00000420. The third-order valence-electron chi connectivity index (χ3n) is 4.59. The Bertz CT molecular complexity index is 591. The summed E-state index contributed by atoms with van der Waals surface area (Å²) in [6, 6.07) is 6.27. The first kappa shape index (κ1) is 25.9. The van der Waals surface area contributed by atoms with Gasteiger partial charge in [-0.1, -0.05) is 6.07 Å². The van der Waals surface area contributed by atoms with E-state index < -0.39 is 12.7 Å². The van der Waals surface area contributed by atoms with E-state index in [1.807, 2.05) is 31.3 Å². The van der Waals surface area contributed by atoms with Crippen LogP contribution in [0.2, 0.25) is 0 Å². The van der Waals surface area contributed by atoms with Gasteiger partial charge in [0.2, 0.25) is 0 Å². The molecule has 0 amide bonds. The highest BCUT2D eigenvalue weighted by Gasteiger charge is 2.28. The summed E-state index contributed by atoms with van der Waals surface area (Å²) >= 11 is 0. The molecule has 1 saturated heterocycles. The van der Waals surface area contributed by atoms with Crippen molar-refractivity contribution in [1.29, 1.82) is 0 Å². The van der Waals surface area contributed by atoms with Gasteiger partial charge in [0.25, 0.3) is 0 Å². The third kappa shape index (κ3) is 11.0. The highest BCUT2D eigenvalue weighted by Crippen LogP contribution is 2.15. The summed E-state index contributed by atoms with van der Waals surface area (Å²) in [5, 5.41) is 6.60. The average molecular weight is 528 g/mol. The molecule has 2 N–H and O–H groups in total. The Kier molecular flexibility index (Phi) is 11.8. The smallest absolute Gasteiger partial charge is 0.357 e. The van der Waals surface area contributed by atoms with Crippen molar-refractivity contribution in [2.24, 2.45) is 4.99 Å². The van der Waals surface area contributed by atoms with E-state index in [1.54, 1.807) is 0 Å². The van der Waals surface area contributed by atoms with Crippen molar-refractivity contribution < 1.29 is 13.2 Å². The largest absolute Gasteiger partial charge is 0.401 e. The Morgan fingerprint density at radius 1 is 1.31 bits per heavy atom. The summed E-state index contributed by atoms with van der Waals surface area (Å²) in [6.07, 6.45) is -0.379. The van der Waals surface area contributed by atoms with Crippen LogP contribution < -0.4 is 10.6 Å². The van der Waals surface area contributed by atoms with Gasteiger partial charge in [0, 0.05) is 45.0 Å². The zero-order valence-electron chi connectivity index (χ0n) is 17.1. The van der Waals surface area contributed by atoms with E-state index in [1.165, 1.54) is 11.9 Å². The minimum absolute atomic E-state index is 0. The van der Waals surface area contributed by atoms with Crippen LogP contribution in [0.1, 0.15) is 25.5 Å². The van der Waals surface area contributed by atoms with Gasteiger partial charge in [-0.2, -0.15) is 13.2 Å². The van der Waals surface area contributed by atoms with Crippen LogP contribution in [0.25, 0.3) is 0 Å². The first-order chi connectivity index (χ1) is 13.4. The van der Waals surface area contributed by atoms with Crippen LogP contribution in [0.5, 0.6) is 0 Å². The molecular formula is C19H32F3IN6. The number of hydrogen-bond acceptors (Lipinski definition) is 4. The molecule has 0 radical (unpaired) electrons. The van der Waals surface area contributed by atoms with Gasteiger partial charge in [-0.25, -0.2) is 0 Å². The zero-order valence-corrected chi connectivity index (χ0v) is 19.4. The number of guanidine groups is 1. The Morgan fingerprint density at radius 2 is 2.03 bits per heavy atom. The maximum absolute atomic E-state index is 12.4. The topological polar surface area (TPSA) is 55.8 Å². The summed E-state index contributed by atoms with van der Waals surface area (Å²) < 4.78 is 37.1. The van der Waals surface area contributed by atoms with Crippen molar-refractivity contribution in [2.75, 3.05) is 46.3 Å². The number of nitrogens with one attached hydrogen (secondary N) is 2. The van der Waals surface area contributed by atoms with Crippen LogP contribution in [0, 0.1) is 0 Å². The van der Waals surface area contributed by atoms with Gasteiger partial charge in [0.05, 0.1) is 18.8 Å². The fourth-order valence-corrected chi connectivity index (χ4v) is 3.19. The number of aliphatic imine (C=N–C) groups is 1. The number of hydrogen-bond donors (Lipinski definition) is 2. The van der Waals surface area contributed by atoms with Crippen LogP contribution in [-0.4, -0.2) is 79.3 Å². The molecule has 1 fully saturated rings. The van der Waals surface area contributed by atoms with Gasteiger partial charge < -0.3 is 10.6 Å². The molecule has 29 heavy (non-hydrogen) atoms. The fraction of sp³-hybridized carbons (Fsp3) is 0.684. The standard InChI is InChI=1S/C19H31F3N6.HI/c1-3-23-18(25-10-13-27(2)15-19(20,21)22)26-16-7-11-28(12-8-16)14-17-6-4-5-9-24-17;/h4-6,9,16H,3,7-8,10-15H2,1-2H3,(H2,23,25,26);1H. The van der Waals surface area contributed by atoms with E-state index in [2.05, 4.69) is 25.5 Å². The molecule has 0 aromatic carbocycles. The molecule has 1 aromatic heterocycles. The predicted molar refractivity (Wildman–Crippen MR) is 121 cm³/mol. The van der Waals surface area contributed by atoms with Gasteiger partial charge >= 0.3 is 6.18 Å². The van der Waals surface area contributed by atoms with Gasteiger partial charge in [-0.3, -0.25) is 19.8 Å². The summed E-state index contributed by atoms with van der Waals surface area (Å²) in [5.41, 5.74) is 1.08. The minimum Gasteiger partial charge on any atom is -0.357 e. The molecule has 10 heteroatoms. The number of pyridine rings is 1. The second kappa shape index (κ2) is 13.2. The SMILES string of the molecule is CCNC(=NCCN(C)CC(F)(F)F)NC1CCN(Cc2ccccn2)CC1.I. The molecule has 0 unspecified atom stereocenters. The van der Waals surface area contributed by atoms with E-state index in [9.17, 15) is 13.2 Å². The zero-order chi connectivity index (χ0) is 20.4. The number of aromatic nitrogens is 1. The number of halogens is 4. The molecule has 2 rings (SSSR count). The van der Waals surface area contributed by atoms with E-state index in [4.69, 9.17) is 0 Å². The summed E-state index contributed by atoms with van der Waals surface area (Å²) in [5.74, 6) is 0.672. The molecule has 6 nitrogen and oxygen atoms in total. The van der Waals surface area contributed by atoms with Crippen LogP contribution in [0.15, 0.2) is 29.4 Å². The molecular weight excluding hydrogens is 496 g/mol. The number of likely N-dealkylation sites (N-methyl/N-ethyl adjacent to an activating group) is 1. The first-order valence-corrected chi connectivity index (χ1v) is 9.78. The lowest BCUT2D eigenvalue weighted by molar-refractivity contribution is -0.142. The normalized spacial score (nSPS) is 16.6.